The summed E-state index contributed by atoms with van der Waals surface area (Å²) in [6.07, 6.45) is 0.0481. The van der Waals surface area contributed by atoms with Crippen LogP contribution in [-0.2, 0) is 9.53 Å². The van der Waals surface area contributed by atoms with Crippen LogP contribution in [0, 0.1) is 0 Å². The quantitative estimate of drug-likeness (QED) is 0.330. The van der Waals surface area contributed by atoms with Crippen LogP contribution in [-0.4, -0.2) is 53.8 Å². The average Bonchev–Trinajstić information content (AvgIpc) is 3.36. The second-order valence-corrected chi connectivity index (χ2v) is 10.5. The van der Waals surface area contributed by atoms with E-state index in [0.29, 0.717) is 41.0 Å². The number of fused-ring (bicyclic) bond motifs is 2. The van der Waals surface area contributed by atoms with Gasteiger partial charge in [-0.1, -0.05) is 60.7 Å². The van der Waals surface area contributed by atoms with Gasteiger partial charge in [-0.3, -0.25) is 19.2 Å². The summed E-state index contributed by atoms with van der Waals surface area (Å²) >= 11 is 0. The molecule has 0 spiro atoms. The largest absolute Gasteiger partial charge is 0.461 e. The van der Waals surface area contributed by atoms with Crippen molar-refractivity contribution in [1.29, 1.82) is 0 Å². The lowest BCUT2D eigenvalue weighted by molar-refractivity contribution is -0.145. The summed E-state index contributed by atoms with van der Waals surface area (Å²) in [5.41, 5.74) is 4.26. The van der Waals surface area contributed by atoms with Crippen LogP contribution in [0.1, 0.15) is 44.4 Å². The summed E-state index contributed by atoms with van der Waals surface area (Å²) < 4.78 is 5.40. The fourth-order valence-corrected chi connectivity index (χ4v) is 5.76. The Kier molecular flexibility index (Phi) is 7.27. The molecule has 1 saturated heterocycles. The van der Waals surface area contributed by atoms with Gasteiger partial charge in [-0.2, -0.15) is 0 Å². The molecule has 0 radical (unpaired) electrons. The zero-order valence-electron chi connectivity index (χ0n) is 23.0. The molecule has 0 aromatic heterocycles. The molecule has 0 bridgehead atoms. The van der Waals surface area contributed by atoms with Crippen LogP contribution in [0.4, 0.5) is 11.4 Å². The maximum Gasteiger partial charge on any atom is 0.302 e. The van der Waals surface area contributed by atoms with E-state index in [1.807, 2.05) is 48.5 Å². The summed E-state index contributed by atoms with van der Waals surface area (Å²) in [4.78, 5) is 55.4. The second kappa shape index (κ2) is 11.3. The van der Waals surface area contributed by atoms with Crippen molar-refractivity contribution in [2.24, 2.45) is 0 Å². The van der Waals surface area contributed by atoms with Gasteiger partial charge in [0.2, 0.25) is 0 Å². The Bertz CT molecular complexity index is 1670. The minimum absolute atomic E-state index is 0.186. The molecule has 4 aromatic rings. The van der Waals surface area contributed by atoms with Gasteiger partial charge in [0.15, 0.2) is 0 Å². The van der Waals surface area contributed by atoms with Crippen molar-refractivity contribution in [3.8, 4) is 11.1 Å². The molecule has 1 N–H and O–H groups in total. The smallest absolute Gasteiger partial charge is 0.302 e. The number of benzene rings is 4. The van der Waals surface area contributed by atoms with Gasteiger partial charge in [0.05, 0.1) is 23.8 Å². The molecule has 0 saturated carbocycles. The first-order valence-corrected chi connectivity index (χ1v) is 13.8. The highest BCUT2D eigenvalue weighted by Gasteiger charge is 2.42. The first-order valence-electron chi connectivity index (χ1n) is 13.8. The van der Waals surface area contributed by atoms with Gasteiger partial charge in [0, 0.05) is 36.7 Å². The molecule has 6 rings (SSSR count). The van der Waals surface area contributed by atoms with E-state index < -0.39 is 12.1 Å². The molecule has 1 fully saturated rings. The van der Waals surface area contributed by atoms with Crippen LogP contribution in [0.25, 0.3) is 11.1 Å². The summed E-state index contributed by atoms with van der Waals surface area (Å²) in [5, 5.41) is 2.94. The van der Waals surface area contributed by atoms with Gasteiger partial charge < -0.3 is 19.9 Å². The summed E-state index contributed by atoms with van der Waals surface area (Å²) in [7, 11) is 0. The molecule has 0 aliphatic carbocycles. The van der Waals surface area contributed by atoms with E-state index in [-0.39, 0.29) is 30.3 Å². The number of carbonyl (C=O) groups is 4. The van der Waals surface area contributed by atoms with Crippen LogP contribution in [0.5, 0.6) is 0 Å². The Labute approximate surface area is 243 Å². The van der Waals surface area contributed by atoms with E-state index in [1.54, 1.807) is 64.4 Å². The third-order valence-electron chi connectivity index (χ3n) is 7.68. The molecule has 210 valence electrons. The number of carbonyl (C=O) groups excluding carboxylic acids is 4. The Balaban J connectivity index is 1.22. The third kappa shape index (κ3) is 5.26. The molecule has 4 aromatic carbocycles. The number of esters is 1. The van der Waals surface area contributed by atoms with Crippen molar-refractivity contribution in [2.45, 2.75) is 25.5 Å². The number of amides is 3. The predicted octanol–water partition coefficient (Wildman–Crippen LogP) is 5.41. The number of hydrogen-bond acceptors (Lipinski definition) is 5. The molecular weight excluding hydrogens is 530 g/mol. The summed E-state index contributed by atoms with van der Waals surface area (Å²) in [6.45, 7) is 1.92. The maximum absolute atomic E-state index is 13.8. The van der Waals surface area contributed by atoms with Crippen molar-refractivity contribution in [3.63, 3.8) is 0 Å². The number of ether oxygens (including phenoxy) is 1. The highest BCUT2D eigenvalue weighted by Crippen LogP contribution is 2.33. The van der Waals surface area contributed by atoms with Crippen LogP contribution in [0.2, 0.25) is 0 Å². The second-order valence-electron chi connectivity index (χ2n) is 10.5. The van der Waals surface area contributed by atoms with Crippen LogP contribution in [0.3, 0.4) is 0 Å². The molecule has 2 unspecified atom stereocenters. The third-order valence-corrected chi connectivity index (χ3v) is 7.68. The topological polar surface area (TPSA) is 96.0 Å². The Morgan fingerprint density at radius 3 is 2.19 bits per heavy atom. The lowest BCUT2D eigenvalue weighted by Crippen LogP contribution is -2.42. The fraction of sp³-hybridized carbons (Fsp3) is 0.176. The molecular formula is C34H29N3O5. The van der Waals surface area contributed by atoms with Crippen molar-refractivity contribution in [1.82, 2.24) is 4.90 Å². The normalized spacial score (nSPS) is 17.6. The molecule has 2 aliphatic heterocycles. The van der Waals surface area contributed by atoms with Crippen LogP contribution in [0.15, 0.2) is 103 Å². The van der Waals surface area contributed by atoms with E-state index in [9.17, 15) is 19.2 Å². The average molecular weight is 560 g/mol. The Morgan fingerprint density at radius 2 is 1.45 bits per heavy atom. The van der Waals surface area contributed by atoms with E-state index in [4.69, 9.17) is 4.74 Å². The Hall–Kier alpha value is -5.24. The van der Waals surface area contributed by atoms with Crippen LogP contribution < -0.4 is 10.2 Å². The number of hydrogen-bond donors (Lipinski definition) is 1. The van der Waals surface area contributed by atoms with Crippen LogP contribution >= 0.6 is 0 Å². The molecule has 2 atom stereocenters. The SMILES string of the molecule is CC(=O)OC1CC2CN(C(=O)c3ccc(NC(=O)c4ccccc4-c4ccccc4)cc3)c3ccccc3C(=O)N2C1. The number of rotatable bonds is 5. The van der Waals surface area contributed by atoms with Crippen molar-refractivity contribution in [2.75, 3.05) is 23.3 Å². The predicted molar refractivity (Wildman–Crippen MR) is 159 cm³/mol. The van der Waals surface area contributed by atoms with E-state index >= 15 is 0 Å². The highest BCUT2D eigenvalue weighted by atomic mass is 16.5. The van der Waals surface area contributed by atoms with Crippen molar-refractivity contribution >= 4 is 35.1 Å². The minimum atomic E-state index is -0.409. The van der Waals surface area contributed by atoms with Crippen molar-refractivity contribution in [3.05, 3.63) is 120 Å². The molecule has 42 heavy (non-hydrogen) atoms. The molecule has 3 amide bonds. The Morgan fingerprint density at radius 1 is 0.786 bits per heavy atom. The van der Waals surface area contributed by atoms with E-state index in [0.717, 1.165) is 11.1 Å². The van der Waals surface area contributed by atoms with Gasteiger partial charge in [0.25, 0.3) is 17.7 Å². The number of nitrogens with zero attached hydrogens (tertiary/aromatic N) is 2. The molecule has 8 nitrogen and oxygen atoms in total. The maximum atomic E-state index is 13.8. The number of anilines is 2. The lowest BCUT2D eigenvalue weighted by atomic mass is 9.99. The van der Waals surface area contributed by atoms with Gasteiger partial charge in [-0.25, -0.2) is 0 Å². The standard InChI is InChI=1S/C34H29N3O5/c1-22(38)42-27-19-26-20-37(31-14-8-7-13-30(31)34(41)36(26)21-27)33(40)24-15-17-25(18-16-24)35-32(39)29-12-6-5-11-28(29)23-9-3-2-4-10-23/h2-18,26-27H,19-21H2,1H3,(H,35,39). The van der Waals surface area contributed by atoms with Gasteiger partial charge in [-0.05, 0) is 53.6 Å². The zero-order chi connectivity index (χ0) is 29.2. The number of para-hydroxylation sites is 1. The van der Waals surface area contributed by atoms with Gasteiger partial charge in [-0.15, -0.1) is 0 Å². The lowest BCUT2D eigenvalue weighted by Gasteiger charge is -2.26. The summed E-state index contributed by atoms with van der Waals surface area (Å²) in [6, 6.07) is 30.6. The van der Waals surface area contributed by atoms with Gasteiger partial charge in [0.1, 0.15) is 6.10 Å². The molecule has 2 heterocycles. The first-order chi connectivity index (χ1) is 20.4. The fourth-order valence-electron chi connectivity index (χ4n) is 5.76. The molecule has 2 aliphatic rings. The highest BCUT2D eigenvalue weighted by molar-refractivity contribution is 6.12. The zero-order valence-corrected chi connectivity index (χ0v) is 23.0. The van der Waals surface area contributed by atoms with E-state index in [1.165, 1.54) is 6.92 Å². The summed E-state index contributed by atoms with van der Waals surface area (Å²) in [5.74, 6) is -1.10. The number of nitrogens with one attached hydrogen (secondary N) is 1. The first kappa shape index (κ1) is 27.0. The van der Waals surface area contributed by atoms with Crippen molar-refractivity contribution < 1.29 is 23.9 Å². The molecule has 8 heteroatoms. The monoisotopic (exact) mass is 559 g/mol. The minimum Gasteiger partial charge on any atom is -0.461 e. The van der Waals surface area contributed by atoms with E-state index in [2.05, 4.69) is 5.32 Å². The van der Waals surface area contributed by atoms with Gasteiger partial charge >= 0.3 is 5.97 Å².